The highest BCUT2D eigenvalue weighted by molar-refractivity contribution is 5.75. The second-order valence-corrected chi connectivity index (χ2v) is 4.69. The lowest BCUT2D eigenvalue weighted by Crippen LogP contribution is -2.35. The summed E-state index contributed by atoms with van der Waals surface area (Å²) in [6.07, 6.45) is 3.63. The van der Waals surface area contributed by atoms with Crippen LogP contribution < -0.4 is 11.5 Å². The first kappa shape index (κ1) is 14.1. The molecule has 0 fully saturated rings. The van der Waals surface area contributed by atoms with E-state index in [4.69, 9.17) is 11.5 Å². The predicted molar refractivity (Wildman–Crippen MR) is 77.6 cm³/mol. The number of amides is 1. The van der Waals surface area contributed by atoms with Gasteiger partial charge in [0.15, 0.2) is 0 Å². The van der Waals surface area contributed by atoms with Crippen molar-refractivity contribution in [3.8, 4) is 0 Å². The van der Waals surface area contributed by atoms with Crippen molar-refractivity contribution >= 4 is 11.6 Å². The smallest absolute Gasteiger partial charge is 0.231 e. The second kappa shape index (κ2) is 6.72. The number of nitrogen functional groups attached to an aromatic ring is 1. The summed E-state index contributed by atoms with van der Waals surface area (Å²) >= 11 is 0. The average Bonchev–Trinajstić information content (AvgIpc) is 2.91. The van der Waals surface area contributed by atoms with Crippen LogP contribution in [0.2, 0.25) is 0 Å². The zero-order valence-electron chi connectivity index (χ0n) is 11.3. The Morgan fingerprint density at radius 3 is 2.65 bits per heavy atom. The third kappa shape index (κ3) is 4.40. The molecule has 1 amide bonds. The highest BCUT2D eigenvalue weighted by Crippen LogP contribution is 2.08. The van der Waals surface area contributed by atoms with Gasteiger partial charge in [0, 0.05) is 31.2 Å². The molecule has 0 saturated heterocycles. The molecule has 2 aromatic rings. The monoisotopic (exact) mass is 273 g/mol. The maximum absolute atomic E-state index is 11.2. The van der Waals surface area contributed by atoms with Gasteiger partial charge in [0.2, 0.25) is 5.91 Å². The topological polar surface area (TPSA) is 90.2 Å². The van der Waals surface area contributed by atoms with Crippen LogP contribution in [0.4, 0.5) is 5.69 Å². The van der Waals surface area contributed by atoms with Crippen LogP contribution >= 0.6 is 0 Å². The molecule has 0 radical (unpaired) electrons. The zero-order chi connectivity index (χ0) is 14.4. The summed E-state index contributed by atoms with van der Waals surface area (Å²) in [7, 11) is 0. The summed E-state index contributed by atoms with van der Waals surface area (Å²) in [5.41, 5.74) is 12.8. The number of nitrogens with zero attached hydrogens (tertiary/aromatic N) is 3. The molecule has 6 nitrogen and oxygen atoms in total. The molecule has 0 spiro atoms. The first-order valence-corrected chi connectivity index (χ1v) is 6.46. The Balaban J connectivity index is 1.95. The highest BCUT2D eigenvalue weighted by atomic mass is 16.1. The number of carbonyl (C=O) groups excluding carboxylic acids is 1. The van der Waals surface area contributed by atoms with E-state index < -0.39 is 0 Å². The molecule has 0 bridgehead atoms. The van der Waals surface area contributed by atoms with Gasteiger partial charge in [-0.2, -0.15) is 5.10 Å². The van der Waals surface area contributed by atoms with Gasteiger partial charge in [-0.05, 0) is 23.8 Å². The number of aromatic nitrogens is 2. The number of anilines is 1. The zero-order valence-corrected chi connectivity index (χ0v) is 11.3. The van der Waals surface area contributed by atoms with E-state index in [-0.39, 0.29) is 12.5 Å². The standard InChI is InChI=1S/C14H19N5O/c15-13-4-2-12(3-5-13)10-18(11-14(16)20)8-9-19-7-1-6-17-19/h1-7H,8-11,15H2,(H2,16,20). The van der Waals surface area contributed by atoms with Crippen molar-refractivity contribution in [1.29, 1.82) is 0 Å². The van der Waals surface area contributed by atoms with Gasteiger partial charge in [0.05, 0.1) is 13.1 Å². The van der Waals surface area contributed by atoms with Crippen molar-refractivity contribution in [2.75, 3.05) is 18.8 Å². The van der Waals surface area contributed by atoms with Gasteiger partial charge in [-0.15, -0.1) is 0 Å². The molecule has 20 heavy (non-hydrogen) atoms. The summed E-state index contributed by atoms with van der Waals surface area (Å²) in [4.78, 5) is 13.1. The largest absolute Gasteiger partial charge is 0.399 e. The SMILES string of the molecule is NC(=O)CN(CCn1cccn1)Cc1ccc(N)cc1. The molecule has 1 heterocycles. The van der Waals surface area contributed by atoms with Gasteiger partial charge in [-0.25, -0.2) is 0 Å². The van der Waals surface area contributed by atoms with Crippen molar-refractivity contribution in [3.63, 3.8) is 0 Å². The second-order valence-electron chi connectivity index (χ2n) is 4.69. The van der Waals surface area contributed by atoms with Crippen molar-refractivity contribution in [2.45, 2.75) is 13.1 Å². The normalized spacial score (nSPS) is 10.8. The van der Waals surface area contributed by atoms with Gasteiger partial charge in [0.25, 0.3) is 0 Å². The molecule has 0 atom stereocenters. The molecule has 2 rings (SSSR count). The molecule has 0 saturated carbocycles. The van der Waals surface area contributed by atoms with Crippen LogP contribution in [-0.2, 0) is 17.9 Å². The molecule has 0 aliphatic carbocycles. The first-order chi connectivity index (χ1) is 9.63. The fourth-order valence-electron chi connectivity index (χ4n) is 1.99. The molecule has 0 aliphatic rings. The molecule has 106 valence electrons. The number of rotatable bonds is 7. The number of hydrogen-bond donors (Lipinski definition) is 2. The van der Waals surface area contributed by atoms with Crippen LogP contribution in [0.1, 0.15) is 5.56 Å². The minimum atomic E-state index is -0.332. The molecule has 6 heteroatoms. The summed E-state index contributed by atoms with van der Waals surface area (Å²) in [6.45, 7) is 2.31. The van der Waals surface area contributed by atoms with Crippen LogP contribution in [0, 0.1) is 0 Å². The number of hydrogen-bond acceptors (Lipinski definition) is 4. The third-order valence-electron chi connectivity index (χ3n) is 2.97. The molecular weight excluding hydrogens is 254 g/mol. The molecule has 4 N–H and O–H groups in total. The quantitative estimate of drug-likeness (QED) is 0.717. The van der Waals surface area contributed by atoms with E-state index in [1.807, 2.05) is 46.1 Å². The van der Waals surface area contributed by atoms with E-state index >= 15 is 0 Å². The lowest BCUT2D eigenvalue weighted by molar-refractivity contribution is -0.119. The molecule has 0 unspecified atom stereocenters. The van der Waals surface area contributed by atoms with E-state index in [1.54, 1.807) is 6.20 Å². The average molecular weight is 273 g/mol. The van der Waals surface area contributed by atoms with E-state index in [9.17, 15) is 4.79 Å². The summed E-state index contributed by atoms with van der Waals surface area (Å²) in [5, 5.41) is 4.14. The Kier molecular flexibility index (Phi) is 4.73. The Labute approximate surface area is 118 Å². The Hall–Kier alpha value is -2.34. The first-order valence-electron chi connectivity index (χ1n) is 6.46. The number of benzene rings is 1. The van der Waals surface area contributed by atoms with Gasteiger partial charge >= 0.3 is 0 Å². The van der Waals surface area contributed by atoms with Crippen LogP contribution in [0.15, 0.2) is 42.7 Å². The third-order valence-corrected chi connectivity index (χ3v) is 2.97. The lowest BCUT2D eigenvalue weighted by atomic mass is 10.2. The van der Waals surface area contributed by atoms with Gasteiger partial charge in [0.1, 0.15) is 0 Å². The van der Waals surface area contributed by atoms with E-state index in [2.05, 4.69) is 5.10 Å². The molecule has 0 aliphatic heterocycles. The van der Waals surface area contributed by atoms with Crippen LogP contribution in [0.3, 0.4) is 0 Å². The summed E-state index contributed by atoms with van der Waals surface area (Å²) < 4.78 is 1.83. The fraction of sp³-hybridized carbons (Fsp3) is 0.286. The van der Waals surface area contributed by atoms with E-state index in [0.29, 0.717) is 13.1 Å². The predicted octanol–water partition coefficient (Wildman–Crippen LogP) is 0.453. The molecular formula is C14H19N5O. The Morgan fingerprint density at radius 1 is 1.30 bits per heavy atom. The van der Waals surface area contributed by atoms with Gasteiger partial charge in [-0.1, -0.05) is 12.1 Å². The van der Waals surface area contributed by atoms with Gasteiger partial charge < -0.3 is 11.5 Å². The Morgan fingerprint density at radius 2 is 2.05 bits per heavy atom. The molecule has 1 aromatic carbocycles. The minimum absolute atomic E-state index is 0.228. The lowest BCUT2D eigenvalue weighted by Gasteiger charge is -2.20. The van der Waals surface area contributed by atoms with Crippen molar-refractivity contribution in [3.05, 3.63) is 48.3 Å². The van der Waals surface area contributed by atoms with E-state index in [0.717, 1.165) is 17.8 Å². The van der Waals surface area contributed by atoms with Crippen LogP contribution in [-0.4, -0.2) is 33.7 Å². The minimum Gasteiger partial charge on any atom is -0.399 e. The van der Waals surface area contributed by atoms with E-state index in [1.165, 1.54) is 0 Å². The van der Waals surface area contributed by atoms with Crippen molar-refractivity contribution in [2.24, 2.45) is 5.73 Å². The summed E-state index contributed by atoms with van der Waals surface area (Å²) in [5.74, 6) is -0.332. The number of primary amides is 1. The van der Waals surface area contributed by atoms with Crippen LogP contribution in [0.5, 0.6) is 0 Å². The number of nitrogens with two attached hydrogens (primary N) is 2. The van der Waals surface area contributed by atoms with Crippen LogP contribution in [0.25, 0.3) is 0 Å². The van der Waals surface area contributed by atoms with Gasteiger partial charge in [-0.3, -0.25) is 14.4 Å². The molecule has 1 aromatic heterocycles. The number of carbonyl (C=O) groups is 1. The maximum Gasteiger partial charge on any atom is 0.231 e. The van der Waals surface area contributed by atoms with Crippen molar-refractivity contribution in [1.82, 2.24) is 14.7 Å². The fourth-order valence-corrected chi connectivity index (χ4v) is 1.99. The Bertz CT molecular complexity index is 535. The maximum atomic E-state index is 11.2. The summed E-state index contributed by atoms with van der Waals surface area (Å²) in [6, 6.07) is 9.49. The highest BCUT2D eigenvalue weighted by Gasteiger charge is 2.09. The van der Waals surface area contributed by atoms with Crippen molar-refractivity contribution < 1.29 is 4.79 Å².